The van der Waals surface area contributed by atoms with Gasteiger partial charge >= 0.3 is 5.97 Å². The fourth-order valence-corrected chi connectivity index (χ4v) is 4.39. The minimum atomic E-state index is -1.03. The number of carboxylic acids is 1. The number of β-lactam (4-membered cyclic amide) rings is 1. The first-order valence-corrected chi connectivity index (χ1v) is 7.28. The second kappa shape index (κ2) is 5.92. The van der Waals surface area contributed by atoms with Crippen LogP contribution in [0.15, 0.2) is 22.8 Å². The van der Waals surface area contributed by atoms with Crippen LogP contribution in [-0.4, -0.2) is 79.6 Å². The molecular weight excluding hydrogens is 319 g/mol. The van der Waals surface area contributed by atoms with Gasteiger partial charge in [-0.25, -0.2) is 4.79 Å². The molecule has 3 heterocycles. The van der Waals surface area contributed by atoms with Crippen LogP contribution in [0.5, 0.6) is 0 Å². The Bertz CT molecular complexity index is 618. The Hall–Kier alpha value is -0.960. The number of aliphatic carboxylic acids is 1. The molecule has 3 atom stereocenters. The molecule has 2 aliphatic rings. The van der Waals surface area contributed by atoms with Gasteiger partial charge in [0.1, 0.15) is 17.5 Å². The van der Waals surface area contributed by atoms with Gasteiger partial charge in [-0.2, -0.15) is 0 Å². The predicted molar refractivity (Wildman–Crippen MR) is 79.4 cm³/mol. The maximum Gasteiger partial charge on any atom is 0.327 e. The summed E-state index contributed by atoms with van der Waals surface area (Å²) in [4.78, 5) is 36.8. The van der Waals surface area contributed by atoms with Crippen molar-refractivity contribution in [2.24, 2.45) is 0 Å². The van der Waals surface area contributed by atoms with E-state index in [1.165, 1.54) is 29.0 Å². The van der Waals surface area contributed by atoms with Crippen LogP contribution in [0.1, 0.15) is 24.4 Å². The molecule has 1 aromatic heterocycles. The van der Waals surface area contributed by atoms with Gasteiger partial charge < -0.3 is 19.7 Å². The summed E-state index contributed by atoms with van der Waals surface area (Å²) in [7, 11) is 0. The third-order valence-corrected chi connectivity index (χ3v) is 5.28. The van der Waals surface area contributed by atoms with Crippen LogP contribution in [0.25, 0.3) is 0 Å². The molecule has 0 bridgehead atoms. The van der Waals surface area contributed by atoms with Gasteiger partial charge in [-0.1, -0.05) is 0 Å². The largest absolute Gasteiger partial charge is 0.480 e. The van der Waals surface area contributed by atoms with Gasteiger partial charge in [-0.15, -0.1) is 11.8 Å². The Kier molecular flexibility index (Phi) is 4.68. The number of carbonyl (C=O) groups excluding carboxylic acids is 2. The van der Waals surface area contributed by atoms with E-state index in [1.54, 1.807) is 19.9 Å². The normalized spacial score (nSPS) is 28.4. The average molecular weight is 333 g/mol. The summed E-state index contributed by atoms with van der Waals surface area (Å²) in [5.74, 6) is -1.75. The van der Waals surface area contributed by atoms with E-state index in [4.69, 9.17) is 4.42 Å². The molecule has 113 valence electrons. The number of rotatable bonds is 3. The van der Waals surface area contributed by atoms with Gasteiger partial charge in [0.2, 0.25) is 5.91 Å². The number of hydrogen-bond donors (Lipinski definition) is 2. The Morgan fingerprint density at radius 2 is 2.14 bits per heavy atom. The third kappa shape index (κ3) is 2.58. The van der Waals surface area contributed by atoms with Crippen molar-refractivity contribution in [2.75, 3.05) is 0 Å². The van der Waals surface area contributed by atoms with Gasteiger partial charge in [0.15, 0.2) is 5.76 Å². The van der Waals surface area contributed by atoms with Crippen molar-refractivity contribution in [3.63, 3.8) is 0 Å². The monoisotopic (exact) mass is 333 g/mol. The summed E-state index contributed by atoms with van der Waals surface area (Å²) in [5, 5.41) is 11.5. The summed E-state index contributed by atoms with van der Waals surface area (Å²) in [5.41, 5.74) is 0. The number of furan rings is 1. The molecular formula is C13H14N2NaO5S. The molecule has 0 aromatic carbocycles. The van der Waals surface area contributed by atoms with Crippen molar-refractivity contribution in [2.45, 2.75) is 36.1 Å². The minimum absolute atomic E-state index is 0. The van der Waals surface area contributed by atoms with E-state index in [-0.39, 0.29) is 46.6 Å². The Labute approximate surface area is 153 Å². The molecule has 0 aliphatic carbocycles. The number of amides is 2. The van der Waals surface area contributed by atoms with Crippen molar-refractivity contribution >= 4 is 59.1 Å². The molecule has 0 saturated carbocycles. The van der Waals surface area contributed by atoms with Gasteiger partial charge in [0, 0.05) is 34.3 Å². The van der Waals surface area contributed by atoms with Crippen molar-refractivity contribution in [3.05, 3.63) is 24.2 Å². The van der Waals surface area contributed by atoms with Gasteiger partial charge in [0.25, 0.3) is 5.91 Å². The van der Waals surface area contributed by atoms with Crippen LogP contribution in [0.4, 0.5) is 0 Å². The molecule has 2 amide bonds. The molecule has 2 fully saturated rings. The van der Waals surface area contributed by atoms with Gasteiger partial charge in [-0.05, 0) is 26.0 Å². The third-order valence-electron chi connectivity index (χ3n) is 3.71. The standard InChI is InChI=1S/C13H14N2O5S.Na/c1-13(2)8(12(18)19)15-10(17)7(11(15)21-13)14-9(16)6-4-3-5-20-6;/h3-5,7-8,11H,1-2H3,(H,14,16)(H,18,19);/t7-,8+,11-;/m1./s1. The van der Waals surface area contributed by atoms with Crippen LogP contribution in [0.3, 0.4) is 0 Å². The van der Waals surface area contributed by atoms with Crippen molar-refractivity contribution in [1.29, 1.82) is 0 Å². The predicted octanol–water partition coefficient (Wildman–Crippen LogP) is 0.144. The van der Waals surface area contributed by atoms with E-state index in [9.17, 15) is 19.5 Å². The quantitative estimate of drug-likeness (QED) is 0.603. The first-order chi connectivity index (χ1) is 9.83. The summed E-state index contributed by atoms with van der Waals surface area (Å²) in [6.07, 6.45) is 1.37. The van der Waals surface area contributed by atoms with E-state index in [1.807, 2.05) is 0 Å². The van der Waals surface area contributed by atoms with E-state index in [0.717, 1.165) is 0 Å². The Morgan fingerprint density at radius 1 is 1.45 bits per heavy atom. The molecule has 7 nitrogen and oxygen atoms in total. The summed E-state index contributed by atoms with van der Waals surface area (Å²) in [6, 6.07) is 1.49. The van der Waals surface area contributed by atoms with Gasteiger partial charge in [0.05, 0.1) is 6.26 Å². The van der Waals surface area contributed by atoms with Crippen molar-refractivity contribution in [3.8, 4) is 0 Å². The summed E-state index contributed by atoms with van der Waals surface area (Å²) < 4.78 is 4.37. The van der Waals surface area contributed by atoms with E-state index >= 15 is 0 Å². The average Bonchev–Trinajstić information content (AvgIpc) is 3.00. The number of nitrogens with one attached hydrogen (secondary N) is 1. The summed E-state index contributed by atoms with van der Waals surface area (Å²) in [6.45, 7) is 3.57. The zero-order valence-corrected chi connectivity index (χ0v) is 15.2. The van der Waals surface area contributed by atoms with E-state index in [0.29, 0.717) is 0 Å². The second-order valence-electron chi connectivity index (χ2n) is 5.53. The zero-order valence-electron chi connectivity index (χ0n) is 12.4. The molecule has 1 radical (unpaired) electrons. The number of nitrogens with zero attached hydrogens (tertiary/aromatic N) is 1. The smallest absolute Gasteiger partial charge is 0.327 e. The molecule has 3 rings (SSSR count). The Morgan fingerprint density at radius 3 is 2.68 bits per heavy atom. The van der Waals surface area contributed by atoms with E-state index in [2.05, 4.69) is 5.32 Å². The SMILES string of the molecule is CC1(C)S[C@@H]2[C@H](NC(=O)c3ccco3)C(=O)N2[C@H]1C(=O)O.[Na]. The fourth-order valence-electron chi connectivity index (χ4n) is 2.77. The molecule has 2 aliphatic heterocycles. The number of hydrogen-bond acceptors (Lipinski definition) is 5. The first-order valence-electron chi connectivity index (χ1n) is 6.40. The number of thioether (sulfide) groups is 1. The van der Waals surface area contributed by atoms with Crippen LogP contribution < -0.4 is 5.32 Å². The number of carbonyl (C=O) groups is 3. The second-order valence-corrected chi connectivity index (χ2v) is 7.30. The van der Waals surface area contributed by atoms with Gasteiger partial charge in [-0.3, -0.25) is 9.59 Å². The summed E-state index contributed by atoms with van der Waals surface area (Å²) >= 11 is 1.38. The minimum Gasteiger partial charge on any atom is -0.480 e. The van der Waals surface area contributed by atoms with E-state index < -0.39 is 28.7 Å². The topological polar surface area (TPSA) is 99.9 Å². The van der Waals surface area contributed by atoms with Crippen LogP contribution in [0.2, 0.25) is 0 Å². The van der Waals surface area contributed by atoms with Crippen LogP contribution in [-0.2, 0) is 9.59 Å². The van der Waals surface area contributed by atoms with Crippen molar-refractivity contribution in [1.82, 2.24) is 10.2 Å². The molecule has 1 aromatic rings. The molecule has 0 spiro atoms. The number of fused-ring (bicyclic) bond motifs is 1. The van der Waals surface area contributed by atoms with Crippen molar-refractivity contribution < 1.29 is 23.9 Å². The molecule has 2 N–H and O–H groups in total. The van der Waals surface area contributed by atoms with Crippen LogP contribution >= 0.6 is 11.8 Å². The zero-order chi connectivity index (χ0) is 15.4. The maximum absolute atomic E-state index is 12.2. The maximum atomic E-state index is 12.2. The van der Waals surface area contributed by atoms with Crippen LogP contribution in [0, 0.1) is 0 Å². The Balaban J connectivity index is 0.00000176. The molecule has 9 heteroatoms. The molecule has 2 saturated heterocycles. The molecule has 0 unspecified atom stereocenters. The number of carboxylic acid groups (broad SMARTS) is 1. The fraction of sp³-hybridized carbons (Fsp3) is 0.462. The first kappa shape index (κ1) is 17.4. The molecule has 22 heavy (non-hydrogen) atoms.